The lowest BCUT2D eigenvalue weighted by Crippen LogP contribution is -1.97. The summed E-state index contributed by atoms with van der Waals surface area (Å²) in [5, 5.41) is 9.90. The number of carbonyl (C=O) groups is 1. The maximum Gasteiger partial charge on any atom is 0.347 e. The number of hydrogen-bond donors (Lipinski definition) is 1. The Balaban J connectivity index is 2.25. The number of benzene rings is 1. The van der Waals surface area contributed by atoms with Gasteiger partial charge in [0, 0.05) is 12.2 Å². The first kappa shape index (κ1) is 14.7. The van der Waals surface area contributed by atoms with Crippen LogP contribution < -0.4 is 0 Å². The first-order chi connectivity index (χ1) is 9.65. The number of rotatable bonds is 6. The van der Waals surface area contributed by atoms with Crippen molar-refractivity contribution in [1.82, 2.24) is 4.98 Å². The lowest BCUT2D eigenvalue weighted by Gasteiger charge is -2.02. The van der Waals surface area contributed by atoms with Crippen LogP contribution in [0.5, 0.6) is 0 Å². The van der Waals surface area contributed by atoms with Crippen LogP contribution >= 0.6 is 11.3 Å². The van der Waals surface area contributed by atoms with E-state index in [1.165, 1.54) is 11.3 Å². The van der Waals surface area contributed by atoms with Gasteiger partial charge < -0.3 is 9.84 Å². The number of carboxylic acids is 1. The number of ether oxygens (including phenoxy) is 1. The van der Waals surface area contributed by atoms with E-state index in [1.54, 1.807) is 0 Å². The zero-order valence-corrected chi connectivity index (χ0v) is 12.4. The smallest absolute Gasteiger partial charge is 0.347 e. The van der Waals surface area contributed by atoms with Crippen LogP contribution in [0.2, 0.25) is 0 Å². The molecule has 20 heavy (non-hydrogen) atoms. The first-order valence-corrected chi connectivity index (χ1v) is 7.37. The number of aryl methyl sites for hydroxylation is 1. The highest BCUT2D eigenvalue weighted by molar-refractivity contribution is 7.17. The van der Waals surface area contributed by atoms with Crippen molar-refractivity contribution in [3.63, 3.8) is 0 Å². The molecular formula is C15H17NO3S. The minimum atomic E-state index is -0.904. The number of nitrogens with zero attached hydrogens (tertiary/aromatic N) is 1. The fraction of sp³-hybridized carbons (Fsp3) is 0.333. The Morgan fingerprint density at radius 2 is 2.00 bits per heavy atom. The highest BCUT2D eigenvalue weighted by Crippen LogP contribution is 2.28. The monoisotopic (exact) mass is 291 g/mol. The molecule has 0 atom stereocenters. The van der Waals surface area contributed by atoms with Crippen LogP contribution in [0.1, 0.15) is 34.8 Å². The third kappa shape index (κ3) is 3.23. The summed E-state index contributed by atoms with van der Waals surface area (Å²) in [5.41, 5.74) is 2.69. The summed E-state index contributed by atoms with van der Waals surface area (Å²) in [4.78, 5) is 15.9. The van der Waals surface area contributed by atoms with E-state index >= 15 is 0 Å². The van der Waals surface area contributed by atoms with Gasteiger partial charge in [-0.2, -0.15) is 0 Å². The van der Waals surface area contributed by atoms with E-state index in [4.69, 9.17) is 9.84 Å². The quantitative estimate of drug-likeness (QED) is 0.883. The standard InChI is InChI=1S/C15H17NO3S/c1-3-12-13(15(17)18)20-14(16-12)11-7-5-10(6-8-11)9-19-4-2/h5-8H,3-4,9H2,1-2H3,(H,17,18). The van der Waals surface area contributed by atoms with Crippen LogP contribution in [0.25, 0.3) is 10.6 Å². The highest BCUT2D eigenvalue weighted by Gasteiger charge is 2.16. The van der Waals surface area contributed by atoms with Gasteiger partial charge >= 0.3 is 5.97 Å². The van der Waals surface area contributed by atoms with Gasteiger partial charge in [0.05, 0.1) is 12.3 Å². The van der Waals surface area contributed by atoms with Gasteiger partial charge in [0.2, 0.25) is 0 Å². The zero-order valence-electron chi connectivity index (χ0n) is 11.5. The van der Waals surface area contributed by atoms with Gasteiger partial charge in [0.15, 0.2) is 0 Å². The Morgan fingerprint density at radius 1 is 1.30 bits per heavy atom. The van der Waals surface area contributed by atoms with Crippen molar-refractivity contribution < 1.29 is 14.6 Å². The summed E-state index contributed by atoms with van der Waals surface area (Å²) >= 11 is 1.23. The Bertz CT molecular complexity index is 590. The van der Waals surface area contributed by atoms with Crippen molar-refractivity contribution in [1.29, 1.82) is 0 Å². The molecule has 5 heteroatoms. The van der Waals surface area contributed by atoms with Gasteiger partial charge in [0.1, 0.15) is 9.88 Å². The van der Waals surface area contributed by atoms with Crippen molar-refractivity contribution in [2.75, 3.05) is 6.61 Å². The third-order valence-corrected chi connectivity index (χ3v) is 4.03. The van der Waals surface area contributed by atoms with Crippen LogP contribution in [0.3, 0.4) is 0 Å². The molecule has 4 nitrogen and oxygen atoms in total. The minimum absolute atomic E-state index is 0.334. The molecule has 0 spiro atoms. The summed E-state index contributed by atoms with van der Waals surface area (Å²) in [6, 6.07) is 7.88. The largest absolute Gasteiger partial charge is 0.477 e. The molecule has 0 aliphatic rings. The van der Waals surface area contributed by atoms with Crippen LogP contribution in [-0.4, -0.2) is 22.7 Å². The first-order valence-electron chi connectivity index (χ1n) is 6.55. The van der Waals surface area contributed by atoms with E-state index in [9.17, 15) is 4.79 Å². The molecule has 0 amide bonds. The second-order valence-electron chi connectivity index (χ2n) is 4.29. The van der Waals surface area contributed by atoms with Gasteiger partial charge in [0.25, 0.3) is 0 Å². The Labute approximate surface area is 122 Å². The topological polar surface area (TPSA) is 59.4 Å². The number of aromatic nitrogens is 1. The lowest BCUT2D eigenvalue weighted by atomic mass is 10.1. The Hall–Kier alpha value is -1.72. The molecule has 0 radical (unpaired) electrons. The minimum Gasteiger partial charge on any atom is -0.477 e. The molecule has 0 saturated heterocycles. The molecular weight excluding hydrogens is 274 g/mol. The summed E-state index contributed by atoms with van der Waals surface area (Å²) in [7, 11) is 0. The molecule has 0 unspecified atom stereocenters. The maximum atomic E-state index is 11.2. The molecule has 106 valence electrons. The van der Waals surface area contributed by atoms with Gasteiger partial charge in [-0.15, -0.1) is 11.3 Å². The van der Waals surface area contributed by atoms with Gasteiger partial charge in [-0.05, 0) is 18.9 Å². The molecule has 1 N–H and O–H groups in total. The normalized spacial score (nSPS) is 10.7. The van der Waals surface area contributed by atoms with Crippen LogP contribution in [0.4, 0.5) is 0 Å². The molecule has 1 heterocycles. The van der Waals surface area contributed by atoms with E-state index in [0.717, 1.165) is 16.1 Å². The molecule has 0 aliphatic carbocycles. The number of aromatic carboxylic acids is 1. The predicted molar refractivity (Wildman–Crippen MR) is 79.2 cm³/mol. The fourth-order valence-electron chi connectivity index (χ4n) is 1.85. The molecule has 0 fully saturated rings. The number of hydrogen-bond acceptors (Lipinski definition) is 4. The molecule has 1 aromatic carbocycles. The Kier molecular flexibility index (Phi) is 4.87. The molecule has 0 bridgehead atoms. The third-order valence-electron chi connectivity index (χ3n) is 2.90. The van der Waals surface area contributed by atoms with Crippen LogP contribution in [0, 0.1) is 0 Å². The second kappa shape index (κ2) is 6.63. The predicted octanol–water partition coefficient (Wildman–Crippen LogP) is 3.61. The lowest BCUT2D eigenvalue weighted by molar-refractivity contribution is 0.0701. The van der Waals surface area contributed by atoms with Crippen molar-refractivity contribution in [3.05, 3.63) is 40.4 Å². The van der Waals surface area contributed by atoms with Crippen LogP contribution in [0.15, 0.2) is 24.3 Å². The van der Waals surface area contributed by atoms with Crippen LogP contribution in [-0.2, 0) is 17.8 Å². The zero-order chi connectivity index (χ0) is 14.5. The van der Waals surface area contributed by atoms with Gasteiger partial charge in [-0.25, -0.2) is 9.78 Å². The van der Waals surface area contributed by atoms with E-state index < -0.39 is 5.97 Å². The maximum absolute atomic E-state index is 11.2. The van der Waals surface area contributed by atoms with Gasteiger partial charge in [-0.1, -0.05) is 31.2 Å². The summed E-state index contributed by atoms with van der Waals surface area (Å²) in [6.45, 7) is 5.16. The van der Waals surface area contributed by atoms with E-state index in [-0.39, 0.29) is 0 Å². The highest BCUT2D eigenvalue weighted by atomic mass is 32.1. The summed E-state index contributed by atoms with van der Waals surface area (Å²) in [5.74, 6) is -0.904. The SMILES string of the molecule is CCOCc1ccc(-c2nc(CC)c(C(=O)O)s2)cc1. The van der Waals surface area contributed by atoms with Crippen molar-refractivity contribution in [3.8, 4) is 10.6 Å². The van der Waals surface area contributed by atoms with Crippen molar-refractivity contribution >= 4 is 17.3 Å². The average molecular weight is 291 g/mol. The van der Waals surface area contributed by atoms with Crippen molar-refractivity contribution in [2.45, 2.75) is 26.9 Å². The molecule has 2 aromatic rings. The van der Waals surface area contributed by atoms with Gasteiger partial charge in [-0.3, -0.25) is 0 Å². The average Bonchev–Trinajstić information content (AvgIpc) is 2.90. The molecule has 0 saturated carbocycles. The summed E-state index contributed by atoms with van der Waals surface area (Å²) < 4.78 is 5.35. The van der Waals surface area contributed by atoms with E-state index in [1.807, 2.05) is 38.1 Å². The molecule has 1 aromatic heterocycles. The van der Waals surface area contributed by atoms with E-state index in [2.05, 4.69) is 4.98 Å². The Morgan fingerprint density at radius 3 is 2.50 bits per heavy atom. The fourth-order valence-corrected chi connectivity index (χ4v) is 2.84. The molecule has 2 rings (SSSR count). The number of thiazole rings is 1. The second-order valence-corrected chi connectivity index (χ2v) is 5.29. The number of carboxylic acid groups (broad SMARTS) is 1. The molecule has 0 aliphatic heterocycles. The van der Waals surface area contributed by atoms with Crippen molar-refractivity contribution in [2.24, 2.45) is 0 Å². The summed E-state index contributed by atoms with van der Waals surface area (Å²) in [6.07, 6.45) is 0.626. The van der Waals surface area contributed by atoms with E-state index in [0.29, 0.717) is 30.2 Å².